The molecule has 0 bridgehead atoms. The van der Waals surface area contributed by atoms with Crippen LogP contribution >= 0.6 is 0 Å². The Hall–Kier alpha value is -3.88. The highest BCUT2D eigenvalue weighted by Crippen LogP contribution is 2.40. The molecule has 3 N–H and O–H groups in total. The van der Waals surface area contributed by atoms with Crippen molar-refractivity contribution in [2.75, 3.05) is 6.61 Å². The fourth-order valence-electron chi connectivity index (χ4n) is 3.13. The number of non-ortho nitro benzene ring substituents is 1. The second kappa shape index (κ2) is 8.01. The Labute approximate surface area is 165 Å². The summed E-state index contributed by atoms with van der Waals surface area (Å²) in [5, 5.41) is 35.2. The minimum absolute atomic E-state index is 0.0517. The molecule has 29 heavy (non-hydrogen) atoms. The van der Waals surface area contributed by atoms with Gasteiger partial charge in [0.2, 0.25) is 5.91 Å². The summed E-state index contributed by atoms with van der Waals surface area (Å²) in [6.07, 6.45) is 1.41. The van der Waals surface area contributed by atoms with Crippen LogP contribution in [0.2, 0.25) is 0 Å². The molecule has 1 atom stereocenters. The molecule has 9 nitrogen and oxygen atoms in total. The van der Waals surface area contributed by atoms with Crippen molar-refractivity contribution in [2.24, 2.45) is 0 Å². The molecule has 1 amide bonds. The highest BCUT2D eigenvalue weighted by Gasteiger charge is 2.27. The molecule has 0 saturated heterocycles. The van der Waals surface area contributed by atoms with E-state index in [4.69, 9.17) is 4.74 Å². The van der Waals surface area contributed by atoms with E-state index in [9.17, 15) is 25.1 Å². The molecule has 1 aromatic heterocycles. The smallest absolute Gasteiger partial charge is 0.279 e. The summed E-state index contributed by atoms with van der Waals surface area (Å²) in [5.74, 6) is -0.596. The third-order valence-electron chi connectivity index (χ3n) is 4.35. The molecule has 9 heteroatoms. The predicted octanol–water partition coefficient (Wildman–Crippen LogP) is 3.18. The van der Waals surface area contributed by atoms with E-state index in [1.807, 2.05) is 0 Å². The molecule has 150 valence electrons. The number of carbonyl (C=O) groups excluding carboxylic acids is 1. The molecule has 1 unspecified atom stereocenters. The third kappa shape index (κ3) is 3.88. The number of fused-ring (bicyclic) bond motifs is 1. The monoisotopic (exact) mass is 397 g/mol. The van der Waals surface area contributed by atoms with Crippen molar-refractivity contribution in [2.45, 2.75) is 19.9 Å². The molecule has 0 fully saturated rings. The number of nitrogens with zero attached hydrogens (tertiary/aromatic N) is 2. The second-order valence-electron chi connectivity index (χ2n) is 6.28. The lowest BCUT2D eigenvalue weighted by molar-refractivity contribution is -0.383. The van der Waals surface area contributed by atoms with Gasteiger partial charge in [-0.15, -0.1) is 0 Å². The Balaban J connectivity index is 2.26. The van der Waals surface area contributed by atoms with Crippen LogP contribution in [0.15, 0.2) is 42.6 Å². The number of aromatic hydroxyl groups is 2. The van der Waals surface area contributed by atoms with E-state index in [0.717, 1.165) is 0 Å². The molecule has 0 spiro atoms. The van der Waals surface area contributed by atoms with E-state index in [1.165, 1.54) is 49.5 Å². The highest BCUT2D eigenvalue weighted by atomic mass is 16.6. The van der Waals surface area contributed by atoms with Crippen molar-refractivity contribution >= 4 is 22.5 Å². The molecule has 0 aliphatic rings. The first kappa shape index (κ1) is 19.9. The third-order valence-corrected chi connectivity index (χ3v) is 4.35. The molecule has 0 saturated carbocycles. The first-order valence-corrected chi connectivity index (χ1v) is 8.81. The summed E-state index contributed by atoms with van der Waals surface area (Å²) >= 11 is 0. The van der Waals surface area contributed by atoms with Gasteiger partial charge in [0.1, 0.15) is 11.3 Å². The number of nitrogens with one attached hydrogen (secondary N) is 1. The first-order valence-electron chi connectivity index (χ1n) is 8.81. The van der Waals surface area contributed by atoms with Gasteiger partial charge in [0.15, 0.2) is 11.5 Å². The topological polar surface area (TPSA) is 135 Å². The summed E-state index contributed by atoms with van der Waals surface area (Å²) in [6, 6.07) is 7.74. The number of benzene rings is 2. The second-order valence-corrected chi connectivity index (χ2v) is 6.28. The largest absolute Gasteiger partial charge is 0.505 e. The van der Waals surface area contributed by atoms with Crippen molar-refractivity contribution < 1.29 is 24.7 Å². The summed E-state index contributed by atoms with van der Waals surface area (Å²) in [7, 11) is 0. The average Bonchev–Trinajstić information content (AvgIpc) is 2.68. The number of hydrogen-bond acceptors (Lipinski definition) is 7. The normalized spacial score (nSPS) is 11.8. The zero-order valence-electron chi connectivity index (χ0n) is 15.7. The molecule has 0 radical (unpaired) electrons. The van der Waals surface area contributed by atoms with Gasteiger partial charge in [-0.3, -0.25) is 19.9 Å². The molecule has 3 rings (SSSR count). The lowest BCUT2D eigenvalue weighted by Crippen LogP contribution is -2.27. The minimum atomic E-state index is -0.933. The van der Waals surface area contributed by atoms with Crippen LogP contribution in [-0.2, 0) is 4.79 Å². The Morgan fingerprint density at radius 1 is 1.31 bits per heavy atom. The van der Waals surface area contributed by atoms with Gasteiger partial charge in [-0.05, 0) is 36.8 Å². The van der Waals surface area contributed by atoms with Gasteiger partial charge < -0.3 is 20.3 Å². The van der Waals surface area contributed by atoms with Gasteiger partial charge in [-0.25, -0.2) is 0 Å². The first-order chi connectivity index (χ1) is 13.8. The number of ether oxygens (including phenoxy) is 1. The van der Waals surface area contributed by atoms with E-state index in [0.29, 0.717) is 12.2 Å². The van der Waals surface area contributed by atoms with Crippen molar-refractivity contribution in [1.82, 2.24) is 10.3 Å². The van der Waals surface area contributed by atoms with Crippen LogP contribution in [-0.4, -0.2) is 32.6 Å². The molecule has 3 aromatic rings. The molecule has 0 aliphatic heterocycles. The van der Waals surface area contributed by atoms with Gasteiger partial charge in [-0.1, -0.05) is 6.07 Å². The number of pyridine rings is 1. The Morgan fingerprint density at radius 3 is 2.72 bits per heavy atom. The Bertz CT molecular complexity index is 1100. The van der Waals surface area contributed by atoms with Crippen molar-refractivity contribution in [3.8, 4) is 17.2 Å². The zero-order valence-corrected chi connectivity index (χ0v) is 15.7. The van der Waals surface area contributed by atoms with Gasteiger partial charge in [0.25, 0.3) is 5.69 Å². The summed E-state index contributed by atoms with van der Waals surface area (Å²) in [6.45, 7) is 3.35. The maximum atomic E-state index is 11.8. The van der Waals surface area contributed by atoms with Crippen LogP contribution in [0.3, 0.4) is 0 Å². The SMILES string of the molecule is CCOc1cc(C(NC(C)=O)c2cc([N+](=O)[O-])c3cccnc3c2O)ccc1O. The summed E-state index contributed by atoms with van der Waals surface area (Å²) in [4.78, 5) is 26.9. The number of nitro groups is 1. The molecule has 0 aliphatic carbocycles. The van der Waals surface area contributed by atoms with E-state index < -0.39 is 16.9 Å². The van der Waals surface area contributed by atoms with E-state index in [-0.39, 0.29) is 39.4 Å². The van der Waals surface area contributed by atoms with Gasteiger partial charge in [0, 0.05) is 24.8 Å². The fourth-order valence-corrected chi connectivity index (χ4v) is 3.13. The quantitative estimate of drug-likeness (QED) is 0.429. The van der Waals surface area contributed by atoms with Crippen LogP contribution in [0.4, 0.5) is 5.69 Å². The zero-order chi connectivity index (χ0) is 21.1. The number of rotatable bonds is 6. The van der Waals surface area contributed by atoms with Crippen molar-refractivity contribution in [3.63, 3.8) is 0 Å². The number of nitro benzene ring substituents is 1. The van der Waals surface area contributed by atoms with E-state index >= 15 is 0 Å². The predicted molar refractivity (Wildman–Crippen MR) is 105 cm³/mol. The number of amides is 1. The van der Waals surface area contributed by atoms with Gasteiger partial charge >= 0.3 is 0 Å². The van der Waals surface area contributed by atoms with Crippen LogP contribution < -0.4 is 10.1 Å². The van der Waals surface area contributed by atoms with Crippen molar-refractivity contribution in [3.05, 3.63) is 63.8 Å². The molecule has 2 aromatic carbocycles. The summed E-state index contributed by atoms with van der Waals surface area (Å²) in [5.41, 5.74) is 0.364. The highest BCUT2D eigenvalue weighted by molar-refractivity contribution is 5.93. The Kier molecular flexibility index (Phi) is 5.49. The van der Waals surface area contributed by atoms with Crippen LogP contribution in [0.5, 0.6) is 17.2 Å². The van der Waals surface area contributed by atoms with Crippen molar-refractivity contribution in [1.29, 1.82) is 0 Å². The average molecular weight is 397 g/mol. The number of phenols is 2. The standard InChI is InChI=1S/C20H19N3O6/c1-3-29-17-9-12(6-7-16(17)25)18(22-11(2)24)14-10-15(23(27)28)13-5-4-8-21-19(13)20(14)26/h4-10,18,25-26H,3H2,1-2H3,(H,22,24). The molecule has 1 heterocycles. The lowest BCUT2D eigenvalue weighted by Gasteiger charge is -2.21. The Morgan fingerprint density at radius 2 is 2.07 bits per heavy atom. The lowest BCUT2D eigenvalue weighted by atomic mass is 9.95. The number of aromatic nitrogens is 1. The minimum Gasteiger partial charge on any atom is -0.505 e. The maximum Gasteiger partial charge on any atom is 0.279 e. The van der Waals surface area contributed by atoms with Crippen LogP contribution in [0.1, 0.15) is 31.0 Å². The molecular formula is C20H19N3O6. The summed E-state index contributed by atoms with van der Waals surface area (Å²) < 4.78 is 5.38. The maximum absolute atomic E-state index is 11.8. The van der Waals surface area contributed by atoms with E-state index in [1.54, 1.807) is 6.92 Å². The van der Waals surface area contributed by atoms with E-state index in [2.05, 4.69) is 10.3 Å². The molecular weight excluding hydrogens is 378 g/mol. The van der Waals surface area contributed by atoms with Crippen LogP contribution in [0.25, 0.3) is 10.9 Å². The number of hydrogen-bond donors (Lipinski definition) is 3. The van der Waals surface area contributed by atoms with Crippen LogP contribution in [0, 0.1) is 10.1 Å². The number of carbonyl (C=O) groups is 1. The van der Waals surface area contributed by atoms with Gasteiger partial charge in [-0.2, -0.15) is 0 Å². The van der Waals surface area contributed by atoms with Gasteiger partial charge in [0.05, 0.1) is 23.0 Å². The number of phenolic OH excluding ortho intramolecular Hbond substituents is 2. The fraction of sp³-hybridized carbons (Fsp3) is 0.200.